The van der Waals surface area contributed by atoms with Crippen molar-refractivity contribution in [2.45, 2.75) is 38.8 Å². The summed E-state index contributed by atoms with van der Waals surface area (Å²) in [6, 6.07) is 2.95. The zero-order chi connectivity index (χ0) is 18.3. The molecule has 1 fully saturated rings. The van der Waals surface area contributed by atoms with Gasteiger partial charge in [-0.15, -0.1) is 0 Å². The predicted molar refractivity (Wildman–Crippen MR) is 93.7 cm³/mol. The molecule has 2 aliphatic rings. The highest BCUT2D eigenvalue weighted by molar-refractivity contribution is 5.43. The minimum Gasteiger partial charge on any atom is -0.502 e. The number of aromatic nitrogens is 2. The van der Waals surface area contributed by atoms with Crippen molar-refractivity contribution in [3.63, 3.8) is 0 Å². The van der Waals surface area contributed by atoms with Crippen molar-refractivity contribution in [1.29, 1.82) is 0 Å². The number of H-pyrrole nitrogens is 1. The third-order valence-electron chi connectivity index (χ3n) is 5.09. The van der Waals surface area contributed by atoms with Crippen molar-refractivity contribution in [3.8, 4) is 11.5 Å². The molecule has 2 N–H and O–H groups in total. The molecular formula is C19H22FN3O3. The Balaban J connectivity index is 1.53. The normalized spacial score (nSPS) is 17.2. The van der Waals surface area contributed by atoms with Crippen molar-refractivity contribution >= 4 is 0 Å². The van der Waals surface area contributed by atoms with Crippen molar-refractivity contribution in [3.05, 3.63) is 50.9 Å². The van der Waals surface area contributed by atoms with Gasteiger partial charge in [-0.3, -0.25) is 9.69 Å². The van der Waals surface area contributed by atoms with Crippen LogP contribution in [0.1, 0.15) is 35.5 Å². The van der Waals surface area contributed by atoms with Crippen LogP contribution < -0.4 is 10.3 Å². The van der Waals surface area contributed by atoms with E-state index in [0.29, 0.717) is 37.5 Å². The minimum absolute atomic E-state index is 0.0253. The first-order chi connectivity index (χ1) is 12.5. The summed E-state index contributed by atoms with van der Waals surface area (Å²) >= 11 is 0. The summed E-state index contributed by atoms with van der Waals surface area (Å²) in [5, 5.41) is 9.63. The zero-order valence-corrected chi connectivity index (χ0v) is 14.7. The average Bonchev–Trinajstić information content (AvgIpc) is 3.41. The summed E-state index contributed by atoms with van der Waals surface area (Å²) in [6.45, 7) is 1.76. The molecule has 2 aromatic rings. The Hall–Kier alpha value is -2.41. The lowest BCUT2D eigenvalue weighted by molar-refractivity contribution is 0.239. The number of fused-ring (bicyclic) bond motifs is 1. The van der Waals surface area contributed by atoms with E-state index in [1.807, 2.05) is 0 Å². The summed E-state index contributed by atoms with van der Waals surface area (Å²) in [5.74, 6) is 0.383. The van der Waals surface area contributed by atoms with Crippen molar-refractivity contribution < 1.29 is 14.2 Å². The quantitative estimate of drug-likeness (QED) is 0.855. The maximum absolute atomic E-state index is 13.8. The lowest BCUT2D eigenvalue weighted by Crippen LogP contribution is -2.35. The number of phenols is 1. The Morgan fingerprint density at radius 2 is 2.23 bits per heavy atom. The van der Waals surface area contributed by atoms with E-state index in [4.69, 9.17) is 4.74 Å². The number of nitrogens with zero attached hydrogens (tertiary/aromatic N) is 2. The molecule has 0 unspecified atom stereocenters. The fraction of sp³-hybridized carbons (Fsp3) is 0.474. The molecule has 1 aliphatic heterocycles. The number of ether oxygens (including phenoxy) is 1. The van der Waals surface area contributed by atoms with Gasteiger partial charge in [0, 0.05) is 31.6 Å². The molecule has 0 amide bonds. The van der Waals surface area contributed by atoms with Gasteiger partial charge in [-0.1, -0.05) is 0 Å². The van der Waals surface area contributed by atoms with Gasteiger partial charge >= 0.3 is 0 Å². The van der Waals surface area contributed by atoms with Gasteiger partial charge in [0.25, 0.3) is 5.56 Å². The van der Waals surface area contributed by atoms with Gasteiger partial charge in [-0.2, -0.15) is 0 Å². The van der Waals surface area contributed by atoms with E-state index in [9.17, 15) is 14.3 Å². The second kappa shape index (κ2) is 6.72. The Morgan fingerprint density at radius 1 is 1.42 bits per heavy atom. The maximum atomic E-state index is 13.8. The number of aromatic amines is 1. The third kappa shape index (κ3) is 3.44. The first-order valence-corrected chi connectivity index (χ1v) is 8.92. The molecule has 1 aromatic heterocycles. The Kier molecular flexibility index (Phi) is 4.40. The first kappa shape index (κ1) is 17.0. The van der Waals surface area contributed by atoms with Crippen LogP contribution in [0.2, 0.25) is 0 Å². The molecule has 0 atom stereocenters. The molecule has 2 heterocycles. The summed E-state index contributed by atoms with van der Waals surface area (Å²) in [4.78, 5) is 22.0. The van der Waals surface area contributed by atoms with Crippen molar-refractivity contribution in [2.24, 2.45) is 5.92 Å². The number of nitrogens with one attached hydrogen (secondary N) is 1. The molecule has 7 heteroatoms. The van der Waals surface area contributed by atoms with Gasteiger partial charge in [0.1, 0.15) is 5.82 Å². The highest BCUT2D eigenvalue weighted by atomic mass is 19.1. The molecule has 26 heavy (non-hydrogen) atoms. The summed E-state index contributed by atoms with van der Waals surface area (Å²) < 4.78 is 18.9. The molecule has 4 rings (SSSR count). The molecule has 0 spiro atoms. The van der Waals surface area contributed by atoms with E-state index in [-0.39, 0.29) is 11.3 Å². The van der Waals surface area contributed by atoms with Gasteiger partial charge in [0.15, 0.2) is 17.3 Å². The lowest BCUT2D eigenvalue weighted by atomic mass is 10.0. The summed E-state index contributed by atoms with van der Waals surface area (Å²) in [7, 11) is 1.40. The average molecular weight is 359 g/mol. The summed E-state index contributed by atoms with van der Waals surface area (Å²) in [5.41, 5.74) is 2.27. The SMILES string of the molecule is COc1cc(CN2CCc3c(nc(CC4CC4)[nH]c3=O)C2)cc(F)c1O. The number of halogens is 1. The Bertz CT molecular complexity index is 892. The third-order valence-corrected chi connectivity index (χ3v) is 5.09. The van der Waals surface area contributed by atoms with Crippen LogP contribution in [-0.4, -0.2) is 33.6 Å². The van der Waals surface area contributed by atoms with Crippen LogP contribution in [0.4, 0.5) is 4.39 Å². The van der Waals surface area contributed by atoms with Gasteiger partial charge in [-0.05, 0) is 42.9 Å². The van der Waals surface area contributed by atoms with E-state index in [1.54, 1.807) is 6.07 Å². The van der Waals surface area contributed by atoms with Crippen molar-refractivity contribution in [2.75, 3.05) is 13.7 Å². The van der Waals surface area contributed by atoms with Crippen LogP contribution in [0.15, 0.2) is 16.9 Å². The second-order valence-electron chi connectivity index (χ2n) is 7.17. The predicted octanol–water partition coefficient (Wildman–Crippen LogP) is 2.13. The lowest BCUT2D eigenvalue weighted by Gasteiger charge is -2.28. The number of hydrogen-bond donors (Lipinski definition) is 2. The zero-order valence-electron chi connectivity index (χ0n) is 14.7. The molecule has 1 aromatic carbocycles. The molecule has 138 valence electrons. The van der Waals surface area contributed by atoms with Crippen molar-refractivity contribution in [1.82, 2.24) is 14.9 Å². The van der Waals surface area contributed by atoms with E-state index < -0.39 is 11.6 Å². The molecule has 0 saturated heterocycles. The molecule has 0 bridgehead atoms. The van der Waals surface area contributed by atoms with Crippen LogP contribution in [-0.2, 0) is 25.9 Å². The Labute approximate surface area is 150 Å². The topological polar surface area (TPSA) is 78.5 Å². The first-order valence-electron chi connectivity index (χ1n) is 8.92. The maximum Gasteiger partial charge on any atom is 0.254 e. The fourth-order valence-corrected chi connectivity index (χ4v) is 3.50. The van der Waals surface area contributed by atoms with Crippen LogP contribution >= 0.6 is 0 Å². The van der Waals surface area contributed by atoms with Crippen LogP contribution in [0, 0.1) is 11.7 Å². The number of methoxy groups -OCH3 is 1. The van der Waals surface area contributed by atoms with Gasteiger partial charge in [0.2, 0.25) is 0 Å². The monoisotopic (exact) mass is 359 g/mol. The van der Waals surface area contributed by atoms with E-state index in [2.05, 4.69) is 14.9 Å². The molecule has 0 radical (unpaired) electrons. The Morgan fingerprint density at radius 3 is 2.96 bits per heavy atom. The number of aromatic hydroxyl groups is 1. The van der Waals surface area contributed by atoms with Gasteiger partial charge in [0.05, 0.1) is 12.8 Å². The minimum atomic E-state index is -0.696. The highest BCUT2D eigenvalue weighted by Gasteiger charge is 2.25. The number of benzene rings is 1. The van der Waals surface area contributed by atoms with E-state index in [0.717, 1.165) is 23.5 Å². The number of hydrogen-bond acceptors (Lipinski definition) is 5. The van der Waals surface area contributed by atoms with Crippen LogP contribution in [0.5, 0.6) is 11.5 Å². The highest BCUT2D eigenvalue weighted by Crippen LogP contribution is 2.32. The van der Waals surface area contributed by atoms with Gasteiger partial charge < -0.3 is 14.8 Å². The summed E-state index contributed by atoms with van der Waals surface area (Å²) in [6.07, 6.45) is 3.88. The number of phenolic OH excluding ortho intramolecular Hbond substituents is 1. The molecule has 1 saturated carbocycles. The van der Waals surface area contributed by atoms with Crippen LogP contribution in [0.25, 0.3) is 0 Å². The van der Waals surface area contributed by atoms with E-state index in [1.165, 1.54) is 26.0 Å². The largest absolute Gasteiger partial charge is 0.502 e. The second-order valence-corrected chi connectivity index (χ2v) is 7.17. The fourth-order valence-electron chi connectivity index (χ4n) is 3.50. The van der Waals surface area contributed by atoms with E-state index >= 15 is 0 Å². The standard InChI is InChI=1S/C19H22FN3O3/c1-26-16-7-12(6-14(20)18(16)24)9-23-5-4-13-15(10-23)21-17(22-19(13)25)8-11-2-3-11/h6-7,11,24H,2-5,8-10H2,1H3,(H,21,22,25). The smallest absolute Gasteiger partial charge is 0.254 e. The van der Waals surface area contributed by atoms with Gasteiger partial charge in [-0.25, -0.2) is 9.37 Å². The molecular weight excluding hydrogens is 337 g/mol. The molecule has 6 nitrogen and oxygen atoms in total. The number of rotatable bonds is 5. The van der Waals surface area contributed by atoms with Crippen LogP contribution in [0.3, 0.4) is 0 Å². The molecule has 1 aliphatic carbocycles.